The highest BCUT2D eigenvalue weighted by molar-refractivity contribution is 5.85. The number of aromatic carboxylic acids is 1. The number of nitrogens with one attached hydrogen (secondary N) is 1. The number of anilines is 1. The van der Waals surface area contributed by atoms with E-state index in [0.29, 0.717) is 24.1 Å². The van der Waals surface area contributed by atoms with Gasteiger partial charge in [0.1, 0.15) is 0 Å². The Morgan fingerprint density at radius 2 is 2.32 bits per heavy atom. The van der Waals surface area contributed by atoms with Crippen molar-refractivity contribution in [1.29, 1.82) is 0 Å². The monoisotopic (exact) mass is 308 g/mol. The van der Waals surface area contributed by atoms with Gasteiger partial charge in [-0.2, -0.15) is 0 Å². The molecule has 1 aliphatic heterocycles. The predicted octanol–water partition coefficient (Wildman–Crippen LogP) is 0.990. The third-order valence-electron chi connectivity index (χ3n) is 3.87. The number of carboxylic acid groups (broad SMARTS) is 1. The standard InChI is InChI=1S/C15H24N4O3/c1-11-8-13(14(21)22)18-15(17-11)16-5-3-7-19-6-2-4-12(9-19)10-20/h8,12,20H,2-7,9-10H2,1H3,(H,21,22)(H,16,17,18). The number of piperidine rings is 1. The van der Waals surface area contributed by atoms with E-state index in [9.17, 15) is 9.90 Å². The topological polar surface area (TPSA) is 98.6 Å². The van der Waals surface area contributed by atoms with Crippen LogP contribution in [0.15, 0.2) is 6.07 Å². The largest absolute Gasteiger partial charge is 0.477 e. The first-order valence-corrected chi connectivity index (χ1v) is 7.74. The second-order valence-corrected chi connectivity index (χ2v) is 5.80. The number of hydrogen-bond donors (Lipinski definition) is 3. The first kappa shape index (κ1) is 16.6. The molecule has 122 valence electrons. The van der Waals surface area contributed by atoms with Crippen LogP contribution < -0.4 is 5.32 Å². The number of hydrogen-bond acceptors (Lipinski definition) is 6. The van der Waals surface area contributed by atoms with E-state index in [1.165, 1.54) is 6.07 Å². The van der Waals surface area contributed by atoms with Crippen molar-refractivity contribution in [3.63, 3.8) is 0 Å². The van der Waals surface area contributed by atoms with Crippen molar-refractivity contribution in [3.05, 3.63) is 17.5 Å². The summed E-state index contributed by atoms with van der Waals surface area (Å²) in [6, 6.07) is 1.45. The maximum absolute atomic E-state index is 11.0. The van der Waals surface area contributed by atoms with Crippen LogP contribution in [0.25, 0.3) is 0 Å². The van der Waals surface area contributed by atoms with Crippen LogP contribution in [0.5, 0.6) is 0 Å². The Hall–Kier alpha value is -1.73. The predicted molar refractivity (Wildman–Crippen MR) is 83.1 cm³/mol. The lowest BCUT2D eigenvalue weighted by molar-refractivity contribution is 0.0690. The highest BCUT2D eigenvalue weighted by Gasteiger charge is 2.18. The smallest absolute Gasteiger partial charge is 0.354 e. The van der Waals surface area contributed by atoms with Crippen LogP contribution in [-0.2, 0) is 0 Å². The van der Waals surface area contributed by atoms with Crippen LogP contribution in [0.1, 0.15) is 35.4 Å². The van der Waals surface area contributed by atoms with Crippen molar-refractivity contribution in [2.24, 2.45) is 5.92 Å². The molecule has 7 heteroatoms. The number of nitrogens with zero attached hydrogens (tertiary/aromatic N) is 3. The van der Waals surface area contributed by atoms with Crippen LogP contribution in [0.4, 0.5) is 5.95 Å². The van der Waals surface area contributed by atoms with E-state index in [-0.39, 0.29) is 12.3 Å². The normalized spacial score (nSPS) is 19.1. The Kier molecular flexibility index (Phi) is 6.09. The molecule has 2 rings (SSSR count). The van der Waals surface area contributed by atoms with Crippen molar-refractivity contribution in [3.8, 4) is 0 Å². The molecule has 0 radical (unpaired) electrons. The molecule has 0 spiro atoms. The van der Waals surface area contributed by atoms with Crippen molar-refractivity contribution < 1.29 is 15.0 Å². The minimum Gasteiger partial charge on any atom is -0.477 e. The van der Waals surface area contributed by atoms with Gasteiger partial charge in [0.15, 0.2) is 5.69 Å². The summed E-state index contributed by atoms with van der Waals surface area (Å²) < 4.78 is 0. The number of carbonyl (C=O) groups is 1. The Bertz CT molecular complexity index is 510. The summed E-state index contributed by atoms with van der Waals surface area (Å²) in [5.74, 6) is -0.277. The second kappa shape index (κ2) is 8.05. The number of aryl methyl sites for hydroxylation is 1. The highest BCUT2D eigenvalue weighted by Crippen LogP contribution is 2.15. The first-order valence-electron chi connectivity index (χ1n) is 7.74. The lowest BCUT2D eigenvalue weighted by atomic mass is 9.99. The number of rotatable bonds is 7. The van der Waals surface area contributed by atoms with Crippen LogP contribution in [0, 0.1) is 12.8 Å². The minimum absolute atomic E-state index is 0.0109. The molecule has 2 heterocycles. The van der Waals surface area contributed by atoms with Gasteiger partial charge < -0.3 is 20.4 Å². The molecule has 1 fully saturated rings. The molecule has 1 aromatic heterocycles. The van der Waals surface area contributed by atoms with Gasteiger partial charge in [0.05, 0.1) is 0 Å². The summed E-state index contributed by atoms with van der Waals surface area (Å²) >= 11 is 0. The summed E-state index contributed by atoms with van der Waals surface area (Å²) in [5.41, 5.74) is 0.647. The molecule has 0 aliphatic carbocycles. The van der Waals surface area contributed by atoms with Crippen molar-refractivity contribution in [1.82, 2.24) is 14.9 Å². The summed E-state index contributed by atoms with van der Waals surface area (Å²) in [6.07, 6.45) is 3.18. The lowest BCUT2D eigenvalue weighted by Crippen LogP contribution is -2.37. The zero-order valence-corrected chi connectivity index (χ0v) is 13.0. The maximum Gasteiger partial charge on any atom is 0.354 e. The number of likely N-dealkylation sites (tertiary alicyclic amines) is 1. The lowest BCUT2D eigenvalue weighted by Gasteiger charge is -2.31. The minimum atomic E-state index is -1.04. The highest BCUT2D eigenvalue weighted by atomic mass is 16.4. The van der Waals surface area contributed by atoms with E-state index >= 15 is 0 Å². The van der Waals surface area contributed by atoms with Crippen LogP contribution in [-0.4, -0.2) is 63.8 Å². The molecule has 0 saturated carbocycles. The van der Waals surface area contributed by atoms with E-state index in [1.807, 2.05) is 0 Å². The van der Waals surface area contributed by atoms with Crippen molar-refractivity contribution >= 4 is 11.9 Å². The number of aliphatic hydroxyl groups is 1. The fourth-order valence-corrected chi connectivity index (χ4v) is 2.76. The zero-order valence-electron chi connectivity index (χ0n) is 13.0. The zero-order chi connectivity index (χ0) is 15.9. The van der Waals surface area contributed by atoms with Crippen LogP contribution >= 0.6 is 0 Å². The quantitative estimate of drug-likeness (QED) is 0.646. The Labute approximate surface area is 130 Å². The third kappa shape index (κ3) is 4.92. The number of aromatic nitrogens is 2. The molecule has 22 heavy (non-hydrogen) atoms. The van der Waals surface area contributed by atoms with E-state index < -0.39 is 5.97 Å². The molecule has 1 saturated heterocycles. The second-order valence-electron chi connectivity index (χ2n) is 5.80. The summed E-state index contributed by atoms with van der Waals surface area (Å²) in [4.78, 5) is 21.5. The van der Waals surface area contributed by atoms with Gasteiger partial charge >= 0.3 is 5.97 Å². The Morgan fingerprint density at radius 3 is 3.05 bits per heavy atom. The van der Waals surface area contributed by atoms with Gasteiger partial charge in [0.25, 0.3) is 0 Å². The van der Waals surface area contributed by atoms with Gasteiger partial charge in [0, 0.05) is 25.4 Å². The molecule has 1 aromatic rings. The van der Waals surface area contributed by atoms with Gasteiger partial charge in [-0.25, -0.2) is 14.8 Å². The van der Waals surface area contributed by atoms with Crippen LogP contribution in [0.2, 0.25) is 0 Å². The molecule has 1 atom stereocenters. The third-order valence-corrected chi connectivity index (χ3v) is 3.87. The molecule has 7 nitrogen and oxygen atoms in total. The average molecular weight is 308 g/mol. The van der Waals surface area contributed by atoms with Gasteiger partial charge in [-0.3, -0.25) is 0 Å². The van der Waals surface area contributed by atoms with E-state index in [1.54, 1.807) is 6.92 Å². The van der Waals surface area contributed by atoms with Gasteiger partial charge in [-0.1, -0.05) is 0 Å². The van der Waals surface area contributed by atoms with E-state index in [4.69, 9.17) is 5.11 Å². The summed E-state index contributed by atoms with van der Waals surface area (Å²) in [6.45, 7) is 5.72. The first-order chi connectivity index (χ1) is 10.6. The van der Waals surface area contributed by atoms with Crippen LogP contribution in [0.3, 0.4) is 0 Å². The van der Waals surface area contributed by atoms with Crippen molar-refractivity contribution in [2.45, 2.75) is 26.2 Å². The molecule has 1 aliphatic rings. The van der Waals surface area contributed by atoms with Gasteiger partial charge in [0.2, 0.25) is 5.95 Å². The number of aliphatic hydroxyl groups excluding tert-OH is 1. The number of carboxylic acids is 1. The van der Waals surface area contributed by atoms with Crippen molar-refractivity contribution in [2.75, 3.05) is 38.1 Å². The molecule has 1 unspecified atom stereocenters. The fraction of sp³-hybridized carbons (Fsp3) is 0.667. The Morgan fingerprint density at radius 1 is 1.50 bits per heavy atom. The average Bonchev–Trinajstić information content (AvgIpc) is 2.51. The fourth-order valence-electron chi connectivity index (χ4n) is 2.76. The van der Waals surface area contributed by atoms with Gasteiger partial charge in [-0.05, 0) is 51.3 Å². The molecule has 3 N–H and O–H groups in total. The van der Waals surface area contributed by atoms with E-state index in [2.05, 4.69) is 20.2 Å². The SMILES string of the molecule is Cc1cc(C(=O)O)nc(NCCCN2CCCC(CO)C2)n1. The molecule has 0 bridgehead atoms. The molecule has 0 aromatic carbocycles. The maximum atomic E-state index is 11.0. The van der Waals surface area contributed by atoms with E-state index in [0.717, 1.165) is 38.9 Å². The molecular formula is C15H24N4O3. The molecular weight excluding hydrogens is 284 g/mol. The van der Waals surface area contributed by atoms with Gasteiger partial charge in [-0.15, -0.1) is 0 Å². The summed E-state index contributed by atoms with van der Waals surface area (Å²) in [7, 11) is 0. The summed E-state index contributed by atoms with van der Waals surface area (Å²) in [5, 5.41) is 21.3. The Balaban J connectivity index is 1.75. The molecule has 0 amide bonds.